The van der Waals surface area contributed by atoms with Crippen LogP contribution >= 0.6 is 0 Å². The fourth-order valence-electron chi connectivity index (χ4n) is 2.53. The van der Waals surface area contributed by atoms with Crippen molar-refractivity contribution >= 4 is 11.8 Å². The Kier molecular flexibility index (Phi) is 3.63. The molecule has 1 aromatic carbocycles. The molecule has 0 unspecified atom stereocenters. The van der Waals surface area contributed by atoms with Crippen molar-refractivity contribution in [1.82, 2.24) is 10.2 Å². The van der Waals surface area contributed by atoms with Crippen molar-refractivity contribution in [2.75, 3.05) is 13.7 Å². The van der Waals surface area contributed by atoms with Crippen LogP contribution in [0.4, 0.5) is 4.39 Å². The smallest absolute Gasteiger partial charge is 0.251 e. The fourth-order valence-corrected chi connectivity index (χ4v) is 2.53. The molecule has 1 heterocycles. The van der Waals surface area contributed by atoms with E-state index in [0.29, 0.717) is 5.56 Å². The number of carbonyl (C=O) groups is 2. The Morgan fingerprint density at radius 3 is 2.76 bits per heavy atom. The Morgan fingerprint density at radius 1 is 1.38 bits per heavy atom. The number of nitrogens with one attached hydrogen (secondary N) is 1. The van der Waals surface area contributed by atoms with Crippen molar-refractivity contribution in [3.05, 3.63) is 35.6 Å². The summed E-state index contributed by atoms with van der Waals surface area (Å²) in [7, 11) is 1.57. The first-order chi connectivity index (χ1) is 10.1. The molecule has 1 saturated carbocycles. The van der Waals surface area contributed by atoms with Crippen LogP contribution in [0.25, 0.3) is 0 Å². The lowest BCUT2D eigenvalue weighted by molar-refractivity contribution is -0.162. The Bertz CT molecular complexity index is 574. The van der Waals surface area contributed by atoms with Gasteiger partial charge in [-0.2, -0.15) is 0 Å². The van der Waals surface area contributed by atoms with E-state index in [2.05, 4.69) is 5.32 Å². The Morgan fingerprint density at radius 2 is 2.10 bits per heavy atom. The summed E-state index contributed by atoms with van der Waals surface area (Å²) in [5, 5.41) is 2.85. The van der Waals surface area contributed by atoms with Gasteiger partial charge in [0.2, 0.25) is 5.91 Å². The molecule has 112 valence electrons. The van der Waals surface area contributed by atoms with Crippen LogP contribution in [-0.2, 0) is 14.3 Å². The molecule has 0 aromatic heterocycles. The molecule has 2 aliphatic rings. The van der Waals surface area contributed by atoms with Crippen molar-refractivity contribution in [3.63, 3.8) is 0 Å². The van der Waals surface area contributed by atoms with Gasteiger partial charge in [0, 0.05) is 18.7 Å². The van der Waals surface area contributed by atoms with Gasteiger partial charge in [-0.25, -0.2) is 4.39 Å². The van der Waals surface area contributed by atoms with Crippen molar-refractivity contribution in [1.29, 1.82) is 0 Å². The number of nitrogens with zero attached hydrogens (tertiary/aromatic N) is 1. The van der Waals surface area contributed by atoms with Crippen LogP contribution in [0.15, 0.2) is 24.3 Å². The lowest BCUT2D eigenvalue weighted by atomic mass is 9.97. The summed E-state index contributed by atoms with van der Waals surface area (Å²) in [4.78, 5) is 25.5. The average Bonchev–Trinajstić information content (AvgIpc) is 3.26. The standard InChI is InChI=1S/C15H17FN2O3/c1-18-12(19)8-21-14(15(20)17-9-6-7-9)13(18)10-4-2-3-5-11(10)16/h2-5,9,13-14H,6-8H2,1H3,(H,17,20)/t13-,14+/m1/s1. The first-order valence-corrected chi connectivity index (χ1v) is 7.00. The second-order valence-corrected chi connectivity index (χ2v) is 5.49. The summed E-state index contributed by atoms with van der Waals surface area (Å²) in [5.41, 5.74) is 0.295. The number of ether oxygens (including phenoxy) is 1. The maximum absolute atomic E-state index is 14.1. The largest absolute Gasteiger partial charge is 0.356 e. The molecule has 6 heteroatoms. The summed E-state index contributed by atoms with van der Waals surface area (Å²) in [6, 6.07) is 5.59. The SMILES string of the molecule is CN1C(=O)CO[C@H](C(=O)NC2CC2)[C@H]1c1ccccc1F. The van der Waals surface area contributed by atoms with E-state index in [-0.39, 0.29) is 24.5 Å². The molecule has 0 radical (unpaired) electrons. The van der Waals surface area contributed by atoms with Crippen LogP contribution in [0.1, 0.15) is 24.4 Å². The second-order valence-electron chi connectivity index (χ2n) is 5.49. The molecule has 1 aliphatic heterocycles. The predicted molar refractivity (Wildman–Crippen MR) is 72.8 cm³/mol. The highest BCUT2D eigenvalue weighted by Gasteiger charge is 2.42. The third-order valence-corrected chi connectivity index (χ3v) is 3.89. The highest BCUT2D eigenvalue weighted by atomic mass is 19.1. The molecule has 0 bridgehead atoms. The van der Waals surface area contributed by atoms with Gasteiger partial charge in [-0.15, -0.1) is 0 Å². The van der Waals surface area contributed by atoms with E-state index >= 15 is 0 Å². The molecule has 0 spiro atoms. The van der Waals surface area contributed by atoms with Gasteiger partial charge < -0.3 is 15.0 Å². The number of likely N-dealkylation sites (N-methyl/N-ethyl adjacent to an activating group) is 1. The summed E-state index contributed by atoms with van der Waals surface area (Å²) in [6.45, 7) is -0.162. The monoisotopic (exact) mass is 292 g/mol. The summed E-state index contributed by atoms with van der Waals surface area (Å²) in [6.07, 6.45) is 1.03. The van der Waals surface area contributed by atoms with Crippen LogP contribution in [-0.4, -0.2) is 42.5 Å². The van der Waals surface area contributed by atoms with Crippen molar-refractivity contribution in [2.45, 2.75) is 31.0 Å². The van der Waals surface area contributed by atoms with Gasteiger partial charge in [0.1, 0.15) is 12.4 Å². The summed E-state index contributed by atoms with van der Waals surface area (Å²) >= 11 is 0. The van der Waals surface area contributed by atoms with Gasteiger partial charge >= 0.3 is 0 Å². The van der Waals surface area contributed by atoms with E-state index < -0.39 is 18.0 Å². The number of morpholine rings is 1. The number of carbonyl (C=O) groups excluding carboxylic acids is 2. The Hall–Kier alpha value is -1.95. The van der Waals surface area contributed by atoms with Crippen LogP contribution in [0, 0.1) is 5.82 Å². The minimum Gasteiger partial charge on any atom is -0.356 e. The zero-order chi connectivity index (χ0) is 15.0. The van der Waals surface area contributed by atoms with Crippen molar-refractivity contribution in [2.24, 2.45) is 0 Å². The summed E-state index contributed by atoms with van der Waals surface area (Å²) in [5.74, 6) is -0.999. The molecule has 1 aliphatic carbocycles. The lowest BCUT2D eigenvalue weighted by Gasteiger charge is -2.38. The maximum Gasteiger partial charge on any atom is 0.251 e. The van der Waals surface area contributed by atoms with Crippen LogP contribution in [0.5, 0.6) is 0 Å². The van der Waals surface area contributed by atoms with E-state index in [4.69, 9.17) is 4.74 Å². The van der Waals surface area contributed by atoms with Gasteiger partial charge in [0.25, 0.3) is 5.91 Å². The Balaban J connectivity index is 1.91. The van der Waals surface area contributed by atoms with Crippen molar-refractivity contribution in [3.8, 4) is 0 Å². The van der Waals surface area contributed by atoms with E-state index in [0.717, 1.165) is 12.8 Å². The van der Waals surface area contributed by atoms with Gasteiger partial charge in [-0.1, -0.05) is 18.2 Å². The number of hydrogen-bond acceptors (Lipinski definition) is 3. The van der Waals surface area contributed by atoms with Crippen LogP contribution in [0.2, 0.25) is 0 Å². The molecular weight excluding hydrogens is 275 g/mol. The quantitative estimate of drug-likeness (QED) is 0.904. The first-order valence-electron chi connectivity index (χ1n) is 7.00. The van der Waals surface area contributed by atoms with E-state index in [1.807, 2.05) is 0 Å². The minimum atomic E-state index is -0.884. The number of benzene rings is 1. The third-order valence-electron chi connectivity index (χ3n) is 3.89. The van der Waals surface area contributed by atoms with E-state index in [1.165, 1.54) is 11.0 Å². The topological polar surface area (TPSA) is 58.6 Å². The van der Waals surface area contributed by atoms with E-state index in [1.54, 1.807) is 25.2 Å². The van der Waals surface area contributed by atoms with Crippen LogP contribution in [0.3, 0.4) is 0 Å². The molecule has 1 aromatic rings. The maximum atomic E-state index is 14.1. The normalized spacial score (nSPS) is 25.8. The van der Waals surface area contributed by atoms with Gasteiger partial charge in [-0.3, -0.25) is 9.59 Å². The molecule has 3 rings (SSSR count). The molecular formula is C15H17FN2O3. The summed E-state index contributed by atoms with van der Waals surface area (Å²) < 4.78 is 19.5. The fraction of sp³-hybridized carbons (Fsp3) is 0.467. The number of hydrogen-bond donors (Lipinski definition) is 1. The first kappa shape index (κ1) is 14.0. The number of halogens is 1. The van der Waals surface area contributed by atoms with Gasteiger partial charge in [0.15, 0.2) is 6.10 Å². The van der Waals surface area contributed by atoms with Gasteiger partial charge in [-0.05, 0) is 18.9 Å². The van der Waals surface area contributed by atoms with Gasteiger partial charge in [0.05, 0.1) is 6.04 Å². The number of rotatable bonds is 3. The minimum absolute atomic E-state index is 0.162. The molecule has 21 heavy (non-hydrogen) atoms. The average molecular weight is 292 g/mol. The highest BCUT2D eigenvalue weighted by molar-refractivity contribution is 5.86. The molecule has 2 amide bonds. The molecule has 5 nitrogen and oxygen atoms in total. The predicted octanol–water partition coefficient (Wildman–Crippen LogP) is 1.00. The van der Waals surface area contributed by atoms with Crippen LogP contribution < -0.4 is 5.32 Å². The second kappa shape index (κ2) is 5.44. The molecule has 1 N–H and O–H groups in total. The number of amides is 2. The van der Waals surface area contributed by atoms with E-state index in [9.17, 15) is 14.0 Å². The Labute approximate surface area is 122 Å². The molecule has 2 fully saturated rings. The zero-order valence-electron chi connectivity index (χ0n) is 11.7. The third kappa shape index (κ3) is 2.76. The zero-order valence-corrected chi connectivity index (χ0v) is 11.7. The van der Waals surface area contributed by atoms with Crippen molar-refractivity contribution < 1.29 is 18.7 Å². The highest BCUT2D eigenvalue weighted by Crippen LogP contribution is 2.31. The molecule has 1 saturated heterocycles. The molecule has 2 atom stereocenters. The lowest BCUT2D eigenvalue weighted by Crippen LogP contribution is -2.53.